The Labute approximate surface area is 140 Å². The molecule has 21 heavy (non-hydrogen) atoms. The van der Waals surface area contributed by atoms with Gasteiger partial charge in [-0.3, -0.25) is 0 Å². The monoisotopic (exact) mass is 387 g/mol. The highest BCUT2D eigenvalue weighted by Crippen LogP contribution is 2.48. The molecule has 0 fully saturated rings. The van der Waals surface area contributed by atoms with Gasteiger partial charge in [-0.1, -0.05) is 29.8 Å². The highest BCUT2D eigenvalue weighted by Gasteiger charge is 2.44. The van der Waals surface area contributed by atoms with Crippen molar-refractivity contribution in [1.29, 1.82) is 0 Å². The molecule has 6 heteroatoms. The number of nitrogens with two attached hydrogens (primary N) is 1. The van der Waals surface area contributed by atoms with E-state index in [0.717, 1.165) is 20.7 Å². The number of aliphatic hydroxyl groups excluding tert-OH is 1. The van der Waals surface area contributed by atoms with Crippen LogP contribution in [-0.4, -0.2) is 18.3 Å². The molecule has 0 bridgehead atoms. The Morgan fingerprint density at radius 3 is 2.90 bits per heavy atom. The number of halogens is 2. The molecule has 0 aliphatic carbocycles. The molecule has 1 aliphatic heterocycles. The predicted octanol–water partition coefficient (Wildman–Crippen LogP) is 3.88. The van der Waals surface area contributed by atoms with Crippen LogP contribution in [0.15, 0.2) is 34.8 Å². The number of benzene rings is 1. The summed E-state index contributed by atoms with van der Waals surface area (Å²) in [5.74, 6) is 0.801. The molecule has 1 aromatic heterocycles. The van der Waals surface area contributed by atoms with Gasteiger partial charge in [0.1, 0.15) is 10.1 Å². The van der Waals surface area contributed by atoms with Gasteiger partial charge in [-0.15, -0.1) is 11.3 Å². The number of thiophene rings is 1. The third kappa shape index (κ3) is 2.51. The van der Waals surface area contributed by atoms with E-state index >= 15 is 0 Å². The number of aliphatic hydroxyl groups is 1. The largest absolute Gasteiger partial charge is 0.493 e. The van der Waals surface area contributed by atoms with Crippen LogP contribution >= 0.6 is 38.9 Å². The smallest absolute Gasteiger partial charge is 0.123 e. The van der Waals surface area contributed by atoms with Crippen molar-refractivity contribution in [2.75, 3.05) is 13.2 Å². The zero-order valence-corrected chi connectivity index (χ0v) is 14.3. The Hall–Kier alpha value is -0.590. The maximum Gasteiger partial charge on any atom is 0.123 e. The number of fused-ring (bicyclic) bond motifs is 1. The van der Waals surface area contributed by atoms with Gasteiger partial charge >= 0.3 is 0 Å². The first kappa shape index (κ1) is 15.3. The summed E-state index contributed by atoms with van der Waals surface area (Å²) in [4.78, 5) is 0.814. The average molecular weight is 389 g/mol. The van der Waals surface area contributed by atoms with Gasteiger partial charge in [-0.25, -0.2) is 0 Å². The van der Waals surface area contributed by atoms with E-state index in [9.17, 15) is 5.11 Å². The minimum atomic E-state index is -0.707. The highest BCUT2D eigenvalue weighted by atomic mass is 79.9. The molecule has 2 atom stereocenters. The number of hydrogen-bond acceptors (Lipinski definition) is 4. The van der Waals surface area contributed by atoms with Gasteiger partial charge in [-0.05, 0) is 34.5 Å². The lowest BCUT2D eigenvalue weighted by atomic mass is 9.71. The number of para-hydroxylation sites is 1. The third-order valence-corrected chi connectivity index (χ3v) is 6.58. The van der Waals surface area contributed by atoms with Crippen molar-refractivity contribution in [3.8, 4) is 5.75 Å². The Balaban J connectivity index is 2.09. The molecule has 3 N–H and O–H groups in total. The van der Waals surface area contributed by atoms with Gasteiger partial charge in [0.2, 0.25) is 0 Å². The molecule has 0 saturated carbocycles. The summed E-state index contributed by atoms with van der Waals surface area (Å²) in [6.07, 6.45) is -0.0317. The van der Waals surface area contributed by atoms with Crippen molar-refractivity contribution in [2.45, 2.75) is 17.9 Å². The van der Waals surface area contributed by atoms with E-state index in [1.807, 2.05) is 30.3 Å². The van der Waals surface area contributed by atoms with Gasteiger partial charge in [0.25, 0.3) is 0 Å². The first-order valence-corrected chi connectivity index (χ1v) is 8.62. The first-order chi connectivity index (χ1) is 10.1. The van der Waals surface area contributed by atoms with Gasteiger partial charge in [0.15, 0.2) is 0 Å². The summed E-state index contributed by atoms with van der Waals surface area (Å²) in [6.45, 7) is 0.896. The summed E-state index contributed by atoms with van der Waals surface area (Å²) >= 11 is 10.9. The molecule has 0 saturated heterocycles. The second kappa shape index (κ2) is 5.89. The molecule has 0 spiro atoms. The maximum atomic E-state index is 11.0. The fourth-order valence-corrected chi connectivity index (χ4v) is 4.70. The van der Waals surface area contributed by atoms with Crippen molar-refractivity contribution >= 4 is 38.9 Å². The third-order valence-electron chi connectivity index (χ3n) is 4.05. The van der Waals surface area contributed by atoms with Crippen LogP contribution in [0.3, 0.4) is 0 Å². The first-order valence-electron chi connectivity index (χ1n) is 6.63. The van der Waals surface area contributed by atoms with Crippen molar-refractivity contribution in [2.24, 2.45) is 5.73 Å². The SMILES string of the molecule is NCC1(C(O)c2cc(Br)c(Cl)s2)CCOc2ccccc21. The van der Waals surface area contributed by atoms with Crippen molar-refractivity contribution in [3.63, 3.8) is 0 Å². The van der Waals surface area contributed by atoms with Crippen LogP contribution < -0.4 is 10.5 Å². The van der Waals surface area contributed by atoms with E-state index in [4.69, 9.17) is 22.1 Å². The van der Waals surface area contributed by atoms with Crippen molar-refractivity contribution in [3.05, 3.63) is 49.6 Å². The van der Waals surface area contributed by atoms with E-state index in [0.29, 0.717) is 23.9 Å². The fraction of sp³-hybridized carbons (Fsp3) is 0.333. The molecular weight excluding hydrogens is 374 g/mol. The summed E-state index contributed by atoms with van der Waals surface area (Å²) in [5, 5.41) is 11.0. The summed E-state index contributed by atoms with van der Waals surface area (Å²) < 4.78 is 7.13. The van der Waals surface area contributed by atoms with E-state index in [2.05, 4.69) is 15.9 Å². The van der Waals surface area contributed by atoms with Gasteiger partial charge < -0.3 is 15.6 Å². The number of ether oxygens (including phenoxy) is 1. The average Bonchev–Trinajstić information content (AvgIpc) is 2.85. The Kier molecular flexibility index (Phi) is 4.30. The zero-order chi connectivity index (χ0) is 15.0. The molecule has 3 rings (SSSR count). The number of hydrogen-bond donors (Lipinski definition) is 2. The minimum absolute atomic E-state index is 0.349. The van der Waals surface area contributed by atoms with Crippen LogP contribution in [0.5, 0.6) is 5.75 Å². The number of rotatable bonds is 3. The van der Waals surface area contributed by atoms with Crippen LogP contribution in [0.25, 0.3) is 0 Å². The predicted molar refractivity (Wildman–Crippen MR) is 89.3 cm³/mol. The van der Waals surface area contributed by atoms with E-state index in [1.54, 1.807) is 0 Å². The van der Waals surface area contributed by atoms with Gasteiger partial charge in [0.05, 0.1) is 12.7 Å². The van der Waals surface area contributed by atoms with Crippen LogP contribution in [0, 0.1) is 0 Å². The van der Waals surface area contributed by atoms with Crippen molar-refractivity contribution in [1.82, 2.24) is 0 Å². The second-order valence-corrected chi connectivity index (χ2v) is 7.67. The normalized spacial score (nSPS) is 22.5. The Morgan fingerprint density at radius 2 is 2.24 bits per heavy atom. The highest BCUT2D eigenvalue weighted by molar-refractivity contribution is 9.10. The molecule has 2 unspecified atom stereocenters. The quantitative estimate of drug-likeness (QED) is 0.839. The lowest BCUT2D eigenvalue weighted by Gasteiger charge is -2.41. The summed E-state index contributed by atoms with van der Waals surface area (Å²) in [5.41, 5.74) is 6.51. The van der Waals surface area contributed by atoms with Crippen LogP contribution in [0.2, 0.25) is 4.34 Å². The second-order valence-electron chi connectivity index (χ2n) is 5.13. The lowest BCUT2D eigenvalue weighted by molar-refractivity contribution is 0.0561. The molecule has 112 valence electrons. The van der Waals surface area contributed by atoms with E-state index < -0.39 is 11.5 Å². The summed E-state index contributed by atoms with van der Waals surface area (Å²) in [7, 11) is 0. The maximum absolute atomic E-state index is 11.0. The van der Waals surface area contributed by atoms with E-state index in [1.165, 1.54) is 11.3 Å². The molecule has 2 aromatic rings. The fourth-order valence-electron chi connectivity index (χ4n) is 2.86. The minimum Gasteiger partial charge on any atom is -0.493 e. The zero-order valence-electron chi connectivity index (χ0n) is 11.2. The van der Waals surface area contributed by atoms with Crippen molar-refractivity contribution < 1.29 is 9.84 Å². The Bertz CT molecular complexity index is 643. The van der Waals surface area contributed by atoms with E-state index in [-0.39, 0.29) is 0 Å². The molecule has 0 amide bonds. The molecule has 3 nitrogen and oxygen atoms in total. The standard InChI is InChI=1S/C15H15BrClNO2S/c16-10-7-12(21-14(10)17)13(19)15(8-18)5-6-20-11-4-2-1-3-9(11)15/h1-4,7,13,19H,5-6,8,18H2. The lowest BCUT2D eigenvalue weighted by Crippen LogP contribution is -2.44. The molecular formula is C15H15BrClNO2S. The molecule has 0 radical (unpaired) electrons. The summed E-state index contributed by atoms with van der Waals surface area (Å²) in [6, 6.07) is 9.64. The molecule has 2 heterocycles. The Morgan fingerprint density at radius 1 is 1.48 bits per heavy atom. The van der Waals surface area contributed by atoms with Crippen LogP contribution in [0.1, 0.15) is 23.0 Å². The topological polar surface area (TPSA) is 55.5 Å². The van der Waals surface area contributed by atoms with Gasteiger partial charge in [-0.2, -0.15) is 0 Å². The van der Waals surface area contributed by atoms with Gasteiger partial charge in [0, 0.05) is 26.9 Å². The van der Waals surface area contributed by atoms with Crippen LogP contribution in [0.4, 0.5) is 0 Å². The van der Waals surface area contributed by atoms with Crippen LogP contribution in [-0.2, 0) is 5.41 Å². The molecule has 1 aliphatic rings. The molecule has 1 aromatic carbocycles.